The van der Waals surface area contributed by atoms with Gasteiger partial charge in [0.1, 0.15) is 6.04 Å². The molecule has 0 unspecified atom stereocenters. The van der Waals surface area contributed by atoms with Crippen molar-refractivity contribution < 1.29 is 13.2 Å². The number of carbonyl (C=O) groups is 1. The SMILES string of the molecule is Cc1ccc(S(=O)(=O)N2CCC[C@H]2C(=O)Nc2c(C)cccc2C)cc1. The maximum atomic E-state index is 13.0. The zero-order valence-corrected chi connectivity index (χ0v) is 16.1. The molecular formula is C20H24N2O3S. The number of hydrogen-bond donors (Lipinski definition) is 1. The van der Waals surface area contributed by atoms with Crippen molar-refractivity contribution in [3.8, 4) is 0 Å². The largest absolute Gasteiger partial charge is 0.324 e. The van der Waals surface area contributed by atoms with Gasteiger partial charge >= 0.3 is 0 Å². The summed E-state index contributed by atoms with van der Waals surface area (Å²) in [7, 11) is -3.69. The summed E-state index contributed by atoms with van der Waals surface area (Å²) < 4.78 is 27.3. The Morgan fingerprint density at radius 2 is 1.65 bits per heavy atom. The fourth-order valence-corrected chi connectivity index (χ4v) is 5.01. The number of nitrogens with zero attached hydrogens (tertiary/aromatic N) is 1. The number of sulfonamides is 1. The van der Waals surface area contributed by atoms with E-state index in [9.17, 15) is 13.2 Å². The molecule has 0 aliphatic carbocycles. The summed E-state index contributed by atoms with van der Waals surface area (Å²) in [6.45, 7) is 6.13. The van der Waals surface area contributed by atoms with E-state index in [-0.39, 0.29) is 10.8 Å². The second kappa shape index (κ2) is 7.21. The van der Waals surface area contributed by atoms with Crippen LogP contribution in [0.1, 0.15) is 29.5 Å². The highest BCUT2D eigenvalue weighted by molar-refractivity contribution is 7.89. The molecule has 0 aromatic heterocycles. The second-order valence-corrected chi connectivity index (χ2v) is 8.73. The van der Waals surface area contributed by atoms with Gasteiger partial charge in [-0.2, -0.15) is 4.31 Å². The number of amides is 1. The van der Waals surface area contributed by atoms with Crippen LogP contribution in [0.2, 0.25) is 0 Å². The summed E-state index contributed by atoms with van der Waals surface area (Å²) in [4.78, 5) is 13.1. The van der Waals surface area contributed by atoms with Crippen molar-refractivity contribution in [1.29, 1.82) is 0 Å². The van der Waals surface area contributed by atoms with E-state index >= 15 is 0 Å². The molecule has 5 nitrogen and oxygen atoms in total. The van der Waals surface area contributed by atoms with Crippen molar-refractivity contribution in [3.63, 3.8) is 0 Å². The van der Waals surface area contributed by atoms with Crippen LogP contribution in [0.25, 0.3) is 0 Å². The van der Waals surface area contributed by atoms with Crippen LogP contribution >= 0.6 is 0 Å². The van der Waals surface area contributed by atoms with Crippen LogP contribution in [-0.4, -0.2) is 31.2 Å². The molecule has 1 fully saturated rings. The maximum Gasteiger partial charge on any atom is 0.243 e. The Balaban J connectivity index is 1.86. The predicted molar refractivity (Wildman–Crippen MR) is 103 cm³/mol. The number of nitrogens with one attached hydrogen (secondary N) is 1. The lowest BCUT2D eigenvalue weighted by Gasteiger charge is -2.24. The van der Waals surface area contributed by atoms with Gasteiger partial charge in [0.2, 0.25) is 15.9 Å². The predicted octanol–water partition coefficient (Wildman–Crippen LogP) is 3.40. The highest BCUT2D eigenvalue weighted by atomic mass is 32.2. The van der Waals surface area contributed by atoms with Crippen LogP contribution in [0.5, 0.6) is 0 Å². The van der Waals surface area contributed by atoms with E-state index in [1.807, 2.05) is 39.0 Å². The second-order valence-electron chi connectivity index (χ2n) is 6.84. The highest BCUT2D eigenvalue weighted by Gasteiger charge is 2.39. The lowest BCUT2D eigenvalue weighted by atomic mass is 10.1. The number of hydrogen-bond acceptors (Lipinski definition) is 3. The zero-order valence-electron chi connectivity index (χ0n) is 15.3. The summed E-state index contributed by atoms with van der Waals surface area (Å²) >= 11 is 0. The lowest BCUT2D eigenvalue weighted by molar-refractivity contribution is -0.119. The molecule has 3 rings (SSSR count). The van der Waals surface area contributed by atoms with Crippen LogP contribution in [0.3, 0.4) is 0 Å². The fraction of sp³-hybridized carbons (Fsp3) is 0.350. The van der Waals surface area contributed by atoms with Crippen molar-refractivity contribution in [2.75, 3.05) is 11.9 Å². The van der Waals surface area contributed by atoms with Gasteiger partial charge in [-0.15, -0.1) is 0 Å². The number of aryl methyl sites for hydroxylation is 3. The quantitative estimate of drug-likeness (QED) is 0.894. The first kappa shape index (κ1) is 18.6. The Hall–Kier alpha value is -2.18. The minimum Gasteiger partial charge on any atom is -0.324 e. The van der Waals surface area contributed by atoms with E-state index in [4.69, 9.17) is 0 Å². The van der Waals surface area contributed by atoms with Crippen LogP contribution < -0.4 is 5.32 Å². The van der Waals surface area contributed by atoms with E-state index in [1.165, 1.54) is 4.31 Å². The molecule has 2 aromatic carbocycles. The van der Waals surface area contributed by atoms with Gasteiger partial charge in [0.25, 0.3) is 0 Å². The molecule has 0 spiro atoms. The van der Waals surface area contributed by atoms with Gasteiger partial charge in [-0.1, -0.05) is 35.9 Å². The Morgan fingerprint density at radius 3 is 2.27 bits per heavy atom. The van der Waals surface area contributed by atoms with Crippen molar-refractivity contribution in [3.05, 3.63) is 59.2 Å². The van der Waals surface area contributed by atoms with E-state index in [0.717, 1.165) is 22.4 Å². The topological polar surface area (TPSA) is 66.5 Å². The average Bonchev–Trinajstić information content (AvgIpc) is 3.09. The number of para-hydroxylation sites is 1. The molecule has 2 aromatic rings. The van der Waals surface area contributed by atoms with Crippen LogP contribution in [-0.2, 0) is 14.8 Å². The summed E-state index contributed by atoms with van der Waals surface area (Å²) in [5, 5.41) is 2.94. The Morgan fingerprint density at radius 1 is 1.04 bits per heavy atom. The third-order valence-electron chi connectivity index (χ3n) is 4.86. The van der Waals surface area contributed by atoms with E-state index in [0.29, 0.717) is 19.4 Å². The Bertz CT molecular complexity index is 900. The molecule has 1 aliphatic heterocycles. The fourth-order valence-electron chi connectivity index (χ4n) is 3.35. The van der Waals surface area contributed by atoms with Gasteiger partial charge in [0, 0.05) is 12.2 Å². The molecule has 0 saturated carbocycles. The van der Waals surface area contributed by atoms with Gasteiger partial charge in [-0.3, -0.25) is 4.79 Å². The summed E-state index contributed by atoms with van der Waals surface area (Å²) in [6.07, 6.45) is 1.21. The standard InChI is InChI=1S/C20H24N2O3S/c1-14-9-11-17(12-10-14)26(24,25)22-13-5-8-18(22)20(23)21-19-15(2)6-4-7-16(19)3/h4,6-7,9-12,18H,5,8,13H2,1-3H3,(H,21,23)/t18-/m0/s1. The monoisotopic (exact) mass is 372 g/mol. The molecule has 138 valence electrons. The van der Waals surface area contributed by atoms with Crippen LogP contribution in [0.15, 0.2) is 47.4 Å². The molecule has 26 heavy (non-hydrogen) atoms. The van der Waals surface area contributed by atoms with Crippen molar-refractivity contribution in [1.82, 2.24) is 4.31 Å². The van der Waals surface area contributed by atoms with Gasteiger partial charge in [-0.05, 0) is 56.9 Å². The van der Waals surface area contributed by atoms with Crippen molar-refractivity contribution in [2.45, 2.75) is 44.6 Å². The van der Waals surface area contributed by atoms with Crippen molar-refractivity contribution in [2.24, 2.45) is 0 Å². The van der Waals surface area contributed by atoms with E-state index < -0.39 is 16.1 Å². The summed E-state index contributed by atoms with van der Waals surface area (Å²) in [5.41, 5.74) is 3.68. The number of rotatable bonds is 4. The normalized spacial score (nSPS) is 18.0. The number of carbonyl (C=O) groups excluding carboxylic acids is 1. The van der Waals surface area contributed by atoms with Gasteiger partial charge in [-0.25, -0.2) is 8.42 Å². The van der Waals surface area contributed by atoms with Gasteiger partial charge < -0.3 is 5.32 Å². The molecule has 1 N–H and O–H groups in total. The maximum absolute atomic E-state index is 13.0. The molecule has 1 amide bonds. The molecule has 6 heteroatoms. The molecule has 0 radical (unpaired) electrons. The third kappa shape index (κ3) is 3.52. The van der Waals surface area contributed by atoms with Gasteiger partial charge in [0.05, 0.1) is 4.90 Å². The van der Waals surface area contributed by atoms with Gasteiger partial charge in [0.15, 0.2) is 0 Å². The Kier molecular flexibility index (Phi) is 5.16. The molecule has 1 aliphatic rings. The summed E-state index contributed by atoms with van der Waals surface area (Å²) in [5.74, 6) is -0.268. The highest BCUT2D eigenvalue weighted by Crippen LogP contribution is 2.28. The first-order valence-electron chi connectivity index (χ1n) is 8.76. The first-order chi connectivity index (χ1) is 12.3. The van der Waals surface area contributed by atoms with Crippen LogP contribution in [0, 0.1) is 20.8 Å². The first-order valence-corrected chi connectivity index (χ1v) is 10.2. The minimum absolute atomic E-state index is 0.231. The van der Waals surface area contributed by atoms with E-state index in [2.05, 4.69) is 5.32 Å². The molecule has 0 bridgehead atoms. The number of benzene rings is 2. The lowest BCUT2D eigenvalue weighted by Crippen LogP contribution is -2.43. The Labute approximate surface area is 155 Å². The number of anilines is 1. The smallest absolute Gasteiger partial charge is 0.243 e. The molecular weight excluding hydrogens is 348 g/mol. The molecule has 1 saturated heterocycles. The van der Waals surface area contributed by atoms with E-state index in [1.54, 1.807) is 24.3 Å². The third-order valence-corrected chi connectivity index (χ3v) is 6.79. The average molecular weight is 372 g/mol. The minimum atomic E-state index is -3.69. The summed E-state index contributed by atoms with van der Waals surface area (Å²) in [6, 6.07) is 11.9. The molecule has 1 atom stereocenters. The van der Waals surface area contributed by atoms with Crippen molar-refractivity contribution >= 4 is 21.6 Å². The molecule has 1 heterocycles. The zero-order chi connectivity index (χ0) is 18.9. The van der Waals surface area contributed by atoms with Crippen LogP contribution in [0.4, 0.5) is 5.69 Å².